The van der Waals surface area contributed by atoms with E-state index in [1.807, 2.05) is 20.8 Å². The minimum absolute atomic E-state index is 0.226. The first-order valence-electron chi connectivity index (χ1n) is 10.4. The van der Waals surface area contributed by atoms with Crippen LogP contribution in [0, 0.1) is 22.7 Å². The zero-order chi connectivity index (χ0) is 21.9. The van der Waals surface area contributed by atoms with Gasteiger partial charge >= 0.3 is 12.1 Å². The zero-order valence-electron chi connectivity index (χ0n) is 17.5. The van der Waals surface area contributed by atoms with Crippen molar-refractivity contribution in [3.8, 4) is 0 Å². The molecule has 0 saturated heterocycles. The van der Waals surface area contributed by atoms with Gasteiger partial charge in [-0.1, -0.05) is 6.92 Å². The summed E-state index contributed by atoms with van der Waals surface area (Å²) in [5, 5.41) is 0. The molecule has 29 heavy (non-hydrogen) atoms. The van der Waals surface area contributed by atoms with E-state index in [1.165, 1.54) is 0 Å². The van der Waals surface area contributed by atoms with E-state index in [0.29, 0.717) is 38.5 Å². The largest absolute Gasteiger partial charge is 0.459 e. The fourth-order valence-electron chi connectivity index (χ4n) is 5.92. The van der Waals surface area contributed by atoms with E-state index >= 15 is 0 Å². The molecule has 4 bridgehead atoms. The Labute approximate surface area is 168 Å². The van der Waals surface area contributed by atoms with E-state index in [2.05, 4.69) is 0 Å². The van der Waals surface area contributed by atoms with Gasteiger partial charge in [-0.3, -0.25) is 4.79 Å². The molecule has 0 aromatic rings. The molecular weight excluding hydrogens is 395 g/mol. The average Bonchev–Trinajstić information content (AvgIpc) is 2.50. The van der Waals surface area contributed by atoms with Gasteiger partial charge in [0.2, 0.25) is 6.10 Å². The van der Waals surface area contributed by atoms with Gasteiger partial charge in [0, 0.05) is 6.92 Å². The van der Waals surface area contributed by atoms with Gasteiger partial charge in [0.05, 0.1) is 12.0 Å². The van der Waals surface area contributed by atoms with Crippen LogP contribution in [0.15, 0.2) is 0 Å². The standard InChI is InChI=1S/C21H31F5O3/c1-5-17(2,3)16(27)29-20-9-13-6-14(10-20)8-19(7-13,11-20)12-28-15(18(4,22)23)21(24,25)26/h13-15H,5-12H2,1-4H3. The van der Waals surface area contributed by atoms with E-state index in [1.54, 1.807) is 0 Å². The molecule has 4 aliphatic rings. The van der Waals surface area contributed by atoms with Gasteiger partial charge in [-0.2, -0.15) is 13.2 Å². The van der Waals surface area contributed by atoms with E-state index in [4.69, 9.17) is 9.47 Å². The van der Waals surface area contributed by atoms with Gasteiger partial charge in [0.15, 0.2) is 0 Å². The SMILES string of the molecule is CCC(C)(C)C(=O)OC12CC3CC(CC(COC(C(C)(F)F)C(F)(F)F)(C3)C1)C2. The van der Waals surface area contributed by atoms with Crippen molar-refractivity contribution < 1.29 is 36.2 Å². The van der Waals surface area contributed by atoms with Gasteiger partial charge in [-0.15, -0.1) is 0 Å². The van der Waals surface area contributed by atoms with E-state index in [-0.39, 0.29) is 31.3 Å². The van der Waals surface area contributed by atoms with Crippen molar-refractivity contribution in [1.82, 2.24) is 0 Å². The third-order valence-electron chi connectivity index (χ3n) is 7.19. The number of ether oxygens (including phenoxy) is 2. The van der Waals surface area contributed by atoms with Crippen LogP contribution in [0.2, 0.25) is 0 Å². The lowest BCUT2D eigenvalue weighted by molar-refractivity contribution is -0.294. The Hall–Kier alpha value is -0.920. The Kier molecular flexibility index (Phi) is 5.54. The quantitative estimate of drug-likeness (QED) is 0.375. The van der Waals surface area contributed by atoms with Crippen molar-refractivity contribution in [2.24, 2.45) is 22.7 Å². The lowest BCUT2D eigenvalue weighted by atomic mass is 9.48. The maximum atomic E-state index is 13.5. The normalized spacial score (nSPS) is 35.6. The summed E-state index contributed by atoms with van der Waals surface area (Å²) in [6.07, 6.45) is -3.64. The molecule has 168 valence electrons. The predicted octanol–water partition coefficient (Wildman–Crippen LogP) is 5.91. The van der Waals surface area contributed by atoms with Crippen LogP contribution in [-0.4, -0.2) is 36.4 Å². The third kappa shape index (κ3) is 4.57. The van der Waals surface area contributed by atoms with Gasteiger partial charge in [0.1, 0.15) is 5.60 Å². The molecule has 0 heterocycles. The Balaban J connectivity index is 1.78. The highest BCUT2D eigenvalue weighted by Crippen LogP contribution is 2.63. The van der Waals surface area contributed by atoms with Crippen LogP contribution in [0.3, 0.4) is 0 Å². The second kappa shape index (κ2) is 7.06. The first-order valence-corrected chi connectivity index (χ1v) is 10.4. The Bertz CT molecular complexity index is 609. The van der Waals surface area contributed by atoms with Crippen molar-refractivity contribution >= 4 is 5.97 Å². The number of carbonyl (C=O) groups is 1. The number of alkyl halides is 5. The summed E-state index contributed by atoms with van der Waals surface area (Å²) in [4.78, 5) is 12.7. The Morgan fingerprint density at radius 2 is 1.59 bits per heavy atom. The highest BCUT2D eigenvalue weighted by molar-refractivity contribution is 5.76. The van der Waals surface area contributed by atoms with Gasteiger partial charge < -0.3 is 9.47 Å². The minimum atomic E-state index is -5.14. The fourth-order valence-corrected chi connectivity index (χ4v) is 5.92. The summed E-state index contributed by atoms with van der Waals surface area (Å²) in [5.74, 6) is -3.87. The van der Waals surface area contributed by atoms with Crippen LogP contribution in [-0.2, 0) is 14.3 Å². The average molecular weight is 426 g/mol. The number of esters is 1. The van der Waals surface area contributed by atoms with Gasteiger partial charge in [-0.25, -0.2) is 8.78 Å². The molecule has 4 saturated carbocycles. The number of halogens is 5. The van der Waals surface area contributed by atoms with Crippen LogP contribution >= 0.6 is 0 Å². The van der Waals surface area contributed by atoms with Crippen LogP contribution in [0.4, 0.5) is 22.0 Å². The van der Waals surface area contributed by atoms with Crippen LogP contribution in [0.1, 0.15) is 72.6 Å². The topological polar surface area (TPSA) is 35.5 Å². The number of hydrogen-bond donors (Lipinski definition) is 0. The molecule has 0 N–H and O–H groups in total. The highest BCUT2D eigenvalue weighted by Gasteiger charge is 2.61. The fraction of sp³-hybridized carbons (Fsp3) is 0.952. The molecule has 3 nitrogen and oxygen atoms in total. The number of carbonyl (C=O) groups excluding carboxylic acids is 1. The van der Waals surface area contributed by atoms with Crippen LogP contribution in [0.25, 0.3) is 0 Å². The summed E-state index contributed by atoms with van der Waals surface area (Å²) >= 11 is 0. The van der Waals surface area contributed by atoms with Crippen molar-refractivity contribution in [1.29, 1.82) is 0 Å². The van der Waals surface area contributed by atoms with E-state index < -0.39 is 34.6 Å². The molecule has 0 aromatic heterocycles. The Morgan fingerprint density at radius 1 is 1.03 bits per heavy atom. The monoisotopic (exact) mass is 426 g/mol. The molecule has 0 amide bonds. The molecule has 8 heteroatoms. The number of rotatable bonds is 7. The third-order valence-corrected chi connectivity index (χ3v) is 7.19. The molecule has 0 spiro atoms. The molecule has 4 fully saturated rings. The van der Waals surface area contributed by atoms with Crippen molar-refractivity contribution in [2.75, 3.05) is 6.61 Å². The second-order valence-electron chi connectivity index (χ2n) is 10.5. The van der Waals surface area contributed by atoms with Crippen molar-refractivity contribution in [2.45, 2.75) is 96.4 Å². The Morgan fingerprint density at radius 3 is 2.03 bits per heavy atom. The van der Waals surface area contributed by atoms with Gasteiger partial charge in [-0.05, 0) is 76.0 Å². The minimum Gasteiger partial charge on any atom is -0.459 e. The van der Waals surface area contributed by atoms with Gasteiger partial charge in [0.25, 0.3) is 5.92 Å². The first kappa shape index (κ1) is 22.8. The summed E-state index contributed by atoms with van der Waals surface area (Å²) in [5.41, 5.74) is -1.99. The van der Waals surface area contributed by atoms with E-state index in [0.717, 1.165) is 6.42 Å². The summed E-state index contributed by atoms with van der Waals surface area (Å²) in [7, 11) is 0. The molecular formula is C21H31F5O3. The second-order valence-corrected chi connectivity index (χ2v) is 10.5. The molecule has 3 atom stereocenters. The molecule has 0 aromatic carbocycles. The van der Waals surface area contributed by atoms with Crippen LogP contribution < -0.4 is 0 Å². The summed E-state index contributed by atoms with van der Waals surface area (Å²) in [6, 6.07) is 0. The van der Waals surface area contributed by atoms with Crippen molar-refractivity contribution in [3.05, 3.63) is 0 Å². The lowest BCUT2D eigenvalue weighted by Gasteiger charge is -2.61. The molecule has 0 aliphatic heterocycles. The summed E-state index contributed by atoms with van der Waals surface area (Å²) < 4.78 is 77.3. The highest BCUT2D eigenvalue weighted by atomic mass is 19.4. The maximum Gasteiger partial charge on any atom is 0.420 e. The molecule has 3 unspecified atom stereocenters. The molecule has 4 rings (SSSR count). The van der Waals surface area contributed by atoms with Crippen molar-refractivity contribution in [3.63, 3.8) is 0 Å². The zero-order valence-corrected chi connectivity index (χ0v) is 17.5. The predicted molar refractivity (Wildman–Crippen MR) is 96.4 cm³/mol. The molecule has 0 radical (unpaired) electrons. The van der Waals surface area contributed by atoms with Crippen LogP contribution in [0.5, 0.6) is 0 Å². The summed E-state index contributed by atoms with van der Waals surface area (Å²) in [6.45, 7) is 5.38. The maximum absolute atomic E-state index is 13.5. The first-order chi connectivity index (χ1) is 13.1. The lowest BCUT2D eigenvalue weighted by Crippen LogP contribution is -2.60. The number of hydrogen-bond acceptors (Lipinski definition) is 3. The van der Waals surface area contributed by atoms with E-state index in [9.17, 15) is 26.7 Å². The smallest absolute Gasteiger partial charge is 0.420 e. The molecule has 4 aliphatic carbocycles.